The summed E-state index contributed by atoms with van der Waals surface area (Å²) >= 11 is 0. The van der Waals surface area contributed by atoms with E-state index in [1.807, 2.05) is 39.1 Å². The van der Waals surface area contributed by atoms with E-state index in [0.717, 1.165) is 35.7 Å². The molecule has 10 heteroatoms. The summed E-state index contributed by atoms with van der Waals surface area (Å²) in [7, 11) is 1.86. The van der Waals surface area contributed by atoms with Crippen LogP contribution in [0.1, 0.15) is 44.8 Å². The van der Waals surface area contributed by atoms with E-state index in [1.165, 1.54) is 4.79 Å². The topological polar surface area (TPSA) is 103 Å². The maximum atomic E-state index is 12.8. The van der Waals surface area contributed by atoms with Crippen molar-refractivity contribution in [3.8, 4) is 11.5 Å². The molecule has 0 bridgehead atoms. The van der Waals surface area contributed by atoms with Crippen molar-refractivity contribution in [2.75, 3.05) is 18.0 Å². The number of fused-ring (bicyclic) bond motifs is 1. The Morgan fingerprint density at radius 2 is 1.88 bits per heavy atom. The molecule has 178 valence electrons. The maximum Gasteiger partial charge on any atom is 0.361 e. The van der Waals surface area contributed by atoms with Gasteiger partial charge in [0.15, 0.2) is 0 Å². The number of aliphatic imine (C=N–C) groups is 1. The second kappa shape index (κ2) is 9.20. The lowest BCUT2D eigenvalue weighted by atomic mass is 10.1. The first-order chi connectivity index (χ1) is 16.2. The van der Waals surface area contributed by atoms with Crippen LogP contribution < -0.4 is 4.90 Å². The van der Waals surface area contributed by atoms with Crippen LogP contribution in [-0.2, 0) is 16.6 Å². The molecule has 0 fully saturated rings. The summed E-state index contributed by atoms with van der Waals surface area (Å²) in [5.74, 6) is 0.231. The van der Waals surface area contributed by atoms with Crippen LogP contribution in [0.5, 0.6) is 0 Å². The normalized spacial score (nSPS) is 14.0. The van der Waals surface area contributed by atoms with Gasteiger partial charge in [0.05, 0.1) is 11.8 Å². The molecule has 0 saturated heterocycles. The molecule has 0 aliphatic carbocycles. The van der Waals surface area contributed by atoms with Gasteiger partial charge in [0.2, 0.25) is 17.4 Å². The van der Waals surface area contributed by atoms with Gasteiger partial charge in [-0.05, 0) is 71.4 Å². The summed E-state index contributed by atoms with van der Waals surface area (Å²) in [6, 6.07) is 7.97. The van der Waals surface area contributed by atoms with Crippen molar-refractivity contribution in [3.05, 3.63) is 41.3 Å². The molecule has 0 radical (unpaired) electrons. The highest BCUT2D eigenvalue weighted by atomic mass is 16.5. The van der Waals surface area contributed by atoms with Gasteiger partial charge in [0, 0.05) is 31.5 Å². The van der Waals surface area contributed by atoms with Gasteiger partial charge in [-0.15, -0.1) is 15.0 Å². The van der Waals surface area contributed by atoms with Gasteiger partial charge in [-0.1, -0.05) is 0 Å². The monoisotopic (exact) mass is 462 g/mol. The molecule has 3 aromatic rings. The largest absolute Gasteiger partial charge is 0.458 e. The van der Waals surface area contributed by atoms with Gasteiger partial charge in [-0.3, -0.25) is 4.68 Å². The van der Waals surface area contributed by atoms with Crippen molar-refractivity contribution in [1.82, 2.24) is 24.7 Å². The van der Waals surface area contributed by atoms with E-state index < -0.39 is 5.97 Å². The average molecular weight is 463 g/mol. The average Bonchev–Trinajstić information content (AvgIpc) is 3.44. The summed E-state index contributed by atoms with van der Waals surface area (Å²) in [6.45, 7) is 13.6. The SMILES string of the molecule is CCN(CC)c1ccc(N=C2C(C(=O)OC(C)C)=Nn3nc(-c4cc(C)n(C)n4)nc32)c(C)c1. The summed E-state index contributed by atoms with van der Waals surface area (Å²) in [4.78, 5) is 25.8. The molecule has 2 aromatic heterocycles. The van der Waals surface area contributed by atoms with Crippen LogP contribution in [0.3, 0.4) is 0 Å². The first-order valence-electron chi connectivity index (χ1n) is 11.4. The molecule has 1 aliphatic heterocycles. The van der Waals surface area contributed by atoms with Gasteiger partial charge in [0.1, 0.15) is 11.4 Å². The van der Waals surface area contributed by atoms with Crippen LogP contribution in [0.15, 0.2) is 34.4 Å². The fourth-order valence-electron chi connectivity index (χ4n) is 3.73. The molecule has 1 aliphatic rings. The quantitative estimate of drug-likeness (QED) is 0.499. The fourth-order valence-corrected chi connectivity index (χ4v) is 3.73. The highest BCUT2D eigenvalue weighted by Gasteiger charge is 2.34. The van der Waals surface area contributed by atoms with Crippen molar-refractivity contribution in [1.29, 1.82) is 0 Å². The van der Waals surface area contributed by atoms with E-state index in [1.54, 1.807) is 18.5 Å². The zero-order valence-electron chi connectivity index (χ0n) is 20.7. The van der Waals surface area contributed by atoms with Crippen molar-refractivity contribution >= 4 is 28.8 Å². The Balaban J connectivity index is 1.78. The van der Waals surface area contributed by atoms with Crippen LogP contribution in [0.2, 0.25) is 0 Å². The third-order valence-corrected chi connectivity index (χ3v) is 5.64. The van der Waals surface area contributed by atoms with Crippen LogP contribution in [0.4, 0.5) is 11.4 Å². The van der Waals surface area contributed by atoms with Crippen LogP contribution in [0, 0.1) is 13.8 Å². The van der Waals surface area contributed by atoms with Crippen LogP contribution in [0.25, 0.3) is 11.5 Å². The number of rotatable bonds is 7. The number of aromatic nitrogens is 5. The molecule has 0 saturated carbocycles. The Bertz CT molecular complexity index is 1270. The molecule has 0 unspecified atom stereocenters. The Morgan fingerprint density at radius 1 is 1.15 bits per heavy atom. The zero-order chi connectivity index (χ0) is 24.6. The number of esters is 1. The summed E-state index contributed by atoms with van der Waals surface area (Å²) < 4.78 is 7.16. The molecule has 4 rings (SSSR count). The van der Waals surface area contributed by atoms with Crippen LogP contribution in [-0.4, -0.2) is 61.2 Å². The van der Waals surface area contributed by atoms with E-state index in [4.69, 9.17) is 9.73 Å². The molecular formula is C24H30N8O2. The number of carbonyl (C=O) groups is 1. The zero-order valence-corrected chi connectivity index (χ0v) is 20.7. The highest BCUT2D eigenvalue weighted by Crippen LogP contribution is 2.27. The van der Waals surface area contributed by atoms with E-state index >= 15 is 0 Å². The third-order valence-electron chi connectivity index (χ3n) is 5.64. The number of carbonyl (C=O) groups excluding carboxylic acids is 1. The predicted molar refractivity (Wildman–Crippen MR) is 132 cm³/mol. The number of benzene rings is 1. The van der Waals surface area contributed by atoms with Crippen molar-refractivity contribution in [2.24, 2.45) is 17.1 Å². The van der Waals surface area contributed by atoms with Crippen molar-refractivity contribution in [3.63, 3.8) is 0 Å². The van der Waals surface area contributed by atoms with Gasteiger partial charge in [-0.2, -0.15) is 5.10 Å². The molecular weight excluding hydrogens is 432 g/mol. The molecule has 3 heterocycles. The van der Waals surface area contributed by atoms with E-state index in [0.29, 0.717) is 23.1 Å². The summed E-state index contributed by atoms with van der Waals surface area (Å²) in [5, 5.41) is 13.3. The second-order valence-corrected chi connectivity index (χ2v) is 8.45. The van der Waals surface area contributed by atoms with Crippen molar-refractivity contribution in [2.45, 2.75) is 47.6 Å². The molecule has 10 nitrogen and oxygen atoms in total. The standard InChI is InChI=1S/C24H30N8O2/c1-8-31(9-2)17-10-11-18(15(5)12-17)25-20-21(24(33)34-14(3)4)28-32-23(20)26-22(29-32)19-13-16(6)30(7)27-19/h10-14H,8-9H2,1-7H3. The number of aryl methyl sites for hydroxylation is 3. The minimum absolute atomic E-state index is 0.0830. The third kappa shape index (κ3) is 4.35. The Kier molecular flexibility index (Phi) is 6.32. The molecule has 0 amide bonds. The number of anilines is 1. The lowest BCUT2D eigenvalue weighted by molar-refractivity contribution is -0.138. The Hall–Kier alpha value is -3.82. The van der Waals surface area contributed by atoms with Gasteiger partial charge in [-0.25, -0.2) is 14.8 Å². The molecule has 1 aromatic carbocycles. The second-order valence-electron chi connectivity index (χ2n) is 8.45. The lowest BCUT2D eigenvalue weighted by Crippen LogP contribution is -2.27. The first kappa shape index (κ1) is 23.3. The molecule has 0 atom stereocenters. The molecule has 0 spiro atoms. The number of nitrogens with zero attached hydrogens (tertiary/aromatic N) is 8. The number of hydrogen-bond donors (Lipinski definition) is 0. The molecule has 0 N–H and O–H groups in total. The predicted octanol–water partition coefficient (Wildman–Crippen LogP) is 3.43. The lowest BCUT2D eigenvalue weighted by Gasteiger charge is -2.21. The van der Waals surface area contributed by atoms with Gasteiger partial charge in [0.25, 0.3) is 0 Å². The smallest absolute Gasteiger partial charge is 0.361 e. The number of hydrogen-bond acceptors (Lipinski definition) is 8. The Morgan fingerprint density at radius 3 is 2.47 bits per heavy atom. The van der Waals surface area contributed by atoms with Gasteiger partial charge < -0.3 is 9.64 Å². The van der Waals surface area contributed by atoms with E-state index in [9.17, 15) is 4.79 Å². The fraction of sp³-hybridized carbons (Fsp3) is 0.417. The molecule has 34 heavy (non-hydrogen) atoms. The van der Waals surface area contributed by atoms with E-state index in [-0.39, 0.29) is 11.8 Å². The van der Waals surface area contributed by atoms with Crippen molar-refractivity contribution < 1.29 is 9.53 Å². The summed E-state index contributed by atoms with van der Waals surface area (Å²) in [5.41, 5.74) is 4.85. The van der Waals surface area contributed by atoms with Crippen LogP contribution >= 0.6 is 0 Å². The Labute approximate surface area is 199 Å². The maximum absolute atomic E-state index is 12.8. The van der Waals surface area contributed by atoms with E-state index in [2.05, 4.69) is 45.1 Å². The van der Waals surface area contributed by atoms with Gasteiger partial charge >= 0.3 is 5.97 Å². The minimum Gasteiger partial charge on any atom is -0.458 e. The summed E-state index contributed by atoms with van der Waals surface area (Å²) in [6.07, 6.45) is -0.292. The highest BCUT2D eigenvalue weighted by molar-refractivity contribution is 6.69. The number of ether oxygens (including phenoxy) is 1. The first-order valence-corrected chi connectivity index (χ1v) is 11.4. The minimum atomic E-state index is -0.561.